The predicted molar refractivity (Wildman–Crippen MR) is 70.0 cm³/mol. The summed E-state index contributed by atoms with van der Waals surface area (Å²) >= 11 is 0. The predicted octanol–water partition coefficient (Wildman–Crippen LogP) is 2.75. The third-order valence-electron chi connectivity index (χ3n) is 2.91. The molecule has 1 atom stereocenters. The van der Waals surface area contributed by atoms with E-state index >= 15 is 0 Å². The lowest BCUT2D eigenvalue weighted by molar-refractivity contribution is -0.138. The number of rotatable bonds is 6. The van der Waals surface area contributed by atoms with Gasteiger partial charge in [0, 0.05) is 5.69 Å². The summed E-state index contributed by atoms with van der Waals surface area (Å²) in [4.78, 5) is 11.1. The molecule has 0 amide bonds. The van der Waals surface area contributed by atoms with E-state index in [0.29, 0.717) is 0 Å². The molecule has 18 heavy (non-hydrogen) atoms. The largest absolute Gasteiger partial charge is 0.491 e. The van der Waals surface area contributed by atoms with Gasteiger partial charge in [-0.1, -0.05) is 0 Å². The van der Waals surface area contributed by atoms with Crippen molar-refractivity contribution < 1.29 is 14.6 Å². The molecule has 0 aromatic heterocycles. The first-order valence-corrected chi connectivity index (χ1v) is 6.32. The van der Waals surface area contributed by atoms with Crippen LogP contribution in [-0.4, -0.2) is 23.2 Å². The Balaban J connectivity index is 1.98. The summed E-state index contributed by atoms with van der Waals surface area (Å²) in [7, 11) is 0. The van der Waals surface area contributed by atoms with E-state index < -0.39 is 12.0 Å². The standard InChI is InChI=1S/C14H19NO3/c1-9(2)18-12-7-5-11(6-8-12)15-13(14(16)17)10-3-4-10/h5-10,13,15H,3-4H2,1-2H3,(H,16,17). The summed E-state index contributed by atoms with van der Waals surface area (Å²) in [6.07, 6.45) is 2.14. The number of hydrogen-bond acceptors (Lipinski definition) is 3. The second-order valence-electron chi connectivity index (χ2n) is 4.99. The van der Waals surface area contributed by atoms with Crippen molar-refractivity contribution in [2.24, 2.45) is 5.92 Å². The molecule has 0 heterocycles. The van der Waals surface area contributed by atoms with E-state index in [-0.39, 0.29) is 12.0 Å². The average Bonchev–Trinajstić information content (AvgIpc) is 3.10. The topological polar surface area (TPSA) is 58.6 Å². The molecule has 1 fully saturated rings. The van der Waals surface area contributed by atoms with E-state index in [1.165, 1.54) is 0 Å². The van der Waals surface area contributed by atoms with Gasteiger partial charge in [0.2, 0.25) is 0 Å². The summed E-state index contributed by atoms with van der Waals surface area (Å²) in [6.45, 7) is 3.94. The van der Waals surface area contributed by atoms with Crippen molar-refractivity contribution in [1.29, 1.82) is 0 Å². The maximum absolute atomic E-state index is 11.1. The Morgan fingerprint density at radius 3 is 2.39 bits per heavy atom. The number of ether oxygens (including phenoxy) is 1. The molecule has 1 unspecified atom stereocenters. The van der Waals surface area contributed by atoms with Crippen LogP contribution in [0.5, 0.6) is 5.75 Å². The Labute approximate surface area is 107 Å². The molecule has 0 saturated heterocycles. The summed E-state index contributed by atoms with van der Waals surface area (Å²) in [5, 5.41) is 12.2. The smallest absolute Gasteiger partial charge is 0.326 e. The fourth-order valence-electron chi connectivity index (χ4n) is 1.89. The first kappa shape index (κ1) is 12.7. The van der Waals surface area contributed by atoms with Crippen LogP contribution in [0.15, 0.2) is 24.3 Å². The molecule has 1 aliphatic carbocycles. The fraction of sp³-hybridized carbons (Fsp3) is 0.500. The number of carbonyl (C=O) groups is 1. The minimum absolute atomic E-state index is 0.141. The van der Waals surface area contributed by atoms with Gasteiger partial charge in [-0.2, -0.15) is 0 Å². The SMILES string of the molecule is CC(C)Oc1ccc(NC(C(=O)O)C2CC2)cc1. The van der Waals surface area contributed by atoms with Crippen LogP contribution in [0.4, 0.5) is 5.69 Å². The molecule has 0 spiro atoms. The van der Waals surface area contributed by atoms with Crippen molar-refractivity contribution >= 4 is 11.7 Å². The second kappa shape index (κ2) is 5.29. The molecule has 1 aromatic rings. The molecule has 4 nitrogen and oxygen atoms in total. The number of aliphatic carboxylic acids is 1. The maximum Gasteiger partial charge on any atom is 0.326 e. The van der Waals surface area contributed by atoms with Gasteiger partial charge in [-0.05, 0) is 56.9 Å². The van der Waals surface area contributed by atoms with E-state index in [9.17, 15) is 4.79 Å². The zero-order valence-corrected chi connectivity index (χ0v) is 10.7. The highest BCUT2D eigenvalue weighted by Crippen LogP contribution is 2.34. The minimum Gasteiger partial charge on any atom is -0.491 e. The summed E-state index contributed by atoms with van der Waals surface area (Å²) < 4.78 is 5.54. The first-order chi connectivity index (χ1) is 8.56. The number of carboxylic acid groups (broad SMARTS) is 1. The zero-order chi connectivity index (χ0) is 13.1. The van der Waals surface area contributed by atoms with Gasteiger partial charge in [-0.25, -0.2) is 4.79 Å². The molecule has 0 bridgehead atoms. The Bertz CT molecular complexity index is 410. The highest BCUT2D eigenvalue weighted by Gasteiger charge is 2.36. The third-order valence-corrected chi connectivity index (χ3v) is 2.91. The molecular formula is C14H19NO3. The highest BCUT2D eigenvalue weighted by molar-refractivity contribution is 5.78. The van der Waals surface area contributed by atoms with Gasteiger partial charge < -0.3 is 15.2 Å². The van der Waals surface area contributed by atoms with Crippen molar-refractivity contribution in [2.45, 2.75) is 38.8 Å². The van der Waals surface area contributed by atoms with Crippen LogP contribution < -0.4 is 10.1 Å². The number of nitrogens with one attached hydrogen (secondary N) is 1. The van der Waals surface area contributed by atoms with Crippen LogP contribution in [0.1, 0.15) is 26.7 Å². The van der Waals surface area contributed by atoms with Crippen LogP contribution in [0.25, 0.3) is 0 Å². The Hall–Kier alpha value is -1.71. The monoisotopic (exact) mass is 249 g/mol. The minimum atomic E-state index is -0.778. The van der Waals surface area contributed by atoms with E-state index in [1.54, 1.807) is 0 Å². The van der Waals surface area contributed by atoms with E-state index in [1.807, 2.05) is 38.1 Å². The van der Waals surface area contributed by atoms with Gasteiger partial charge in [0.15, 0.2) is 0 Å². The molecular weight excluding hydrogens is 230 g/mol. The van der Waals surface area contributed by atoms with Crippen molar-refractivity contribution in [3.8, 4) is 5.75 Å². The number of anilines is 1. The molecule has 2 N–H and O–H groups in total. The van der Waals surface area contributed by atoms with Crippen molar-refractivity contribution in [1.82, 2.24) is 0 Å². The second-order valence-corrected chi connectivity index (χ2v) is 4.99. The molecule has 98 valence electrons. The van der Waals surface area contributed by atoms with Crippen LogP contribution >= 0.6 is 0 Å². The summed E-state index contributed by atoms with van der Waals surface area (Å²) in [5.41, 5.74) is 0.824. The van der Waals surface area contributed by atoms with Crippen molar-refractivity contribution in [3.63, 3.8) is 0 Å². The lowest BCUT2D eigenvalue weighted by atomic mass is 10.1. The molecule has 4 heteroatoms. The quantitative estimate of drug-likeness (QED) is 0.814. The highest BCUT2D eigenvalue weighted by atomic mass is 16.5. The zero-order valence-electron chi connectivity index (χ0n) is 10.7. The van der Waals surface area contributed by atoms with Crippen LogP contribution in [0, 0.1) is 5.92 Å². The third kappa shape index (κ3) is 3.39. The Morgan fingerprint density at radius 1 is 1.33 bits per heavy atom. The lowest BCUT2D eigenvalue weighted by Crippen LogP contribution is -2.31. The molecule has 0 aliphatic heterocycles. The van der Waals surface area contributed by atoms with Gasteiger partial charge in [-0.15, -0.1) is 0 Å². The van der Waals surface area contributed by atoms with E-state index in [4.69, 9.17) is 9.84 Å². The normalized spacial score (nSPS) is 16.4. The molecule has 1 aromatic carbocycles. The van der Waals surface area contributed by atoms with Gasteiger partial charge in [0.25, 0.3) is 0 Å². The lowest BCUT2D eigenvalue weighted by Gasteiger charge is -2.15. The van der Waals surface area contributed by atoms with Crippen LogP contribution in [0.3, 0.4) is 0 Å². The van der Waals surface area contributed by atoms with Crippen molar-refractivity contribution in [3.05, 3.63) is 24.3 Å². The number of hydrogen-bond donors (Lipinski definition) is 2. The Morgan fingerprint density at radius 2 is 1.94 bits per heavy atom. The molecule has 1 aliphatic rings. The average molecular weight is 249 g/mol. The van der Waals surface area contributed by atoms with E-state index in [2.05, 4.69) is 5.32 Å². The van der Waals surface area contributed by atoms with Crippen molar-refractivity contribution in [2.75, 3.05) is 5.32 Å². The molecule has 1 saturated carbocycles. The van der Waals surface area contributed by atoms with Gasteiger partial charge in [0.05, 0.1) is 6.10 Å². The van der Waals surface area contributed by atoms with Crippen LogP contribution in [0.2, 0.25) is 0 Å². The first-order valence-electron chi connectivity index (χ1n) is 6.32. The van der Waals surface area contributed by atoms with Crippen LogP contribution in [-0.2, 0) is 4.79 Å². The van der Waals surface area contributed by atoms with Gasteiger partial charge in [0.1, 0.15) is 11.8 Å². The summed E-state index contributed by atoms with van der Waals surface area (Å²) in [6, 6.07) is 6.95. The fourth-order valence-corrected chi connectivity index (χ4v) is 1.89. The number of carboxylic acids is 1. The molecule has 2 rings (SSSR count). The maximum atomic E-state index is 11.1. The number of benzene rings is 1. The molecule has 0 radical (unpaired) electrons. The van der Waals surface area contributed by atoms with Gasteiger partial charge >= 0.3 is 5.97 Å². The summed E-state index contributed by atoms with van der Waals surface area (Å²) in [5.74, 6) is 0.294. The van der Waals surface area contributed by atoms with E-state index in [0.717, 1.165) is 24.3 Å². The van der Waals surface area contributed by atoms with Gasteiger partial charge in [-0.3, -0.25) is 0 Å². The Kier molecular flexibility index (Phi) is 3.75.